The molecule has 0 spiro atoms. The van der Waals surface area contributed by atoms with Crippen LogP contribution in [0.1, 0.15) is 23.1 Å². The van der Waals surface area contributed by atoms with Crippen LogP contribution in [0.3, 0.4) is 0 Å². The number of phenols is 1. The number of rotatable bonds is 15. The van der Waals surface area contributed by atoms with Crippen molar-refractivity contribution in [3.63, 3.8) is 0 Å². The number of benzene rings is 3. The second kappa shape index (κ2) is 15.3. The molecule has 0 aliphatic rings. The monoisotopic (exact) mass is 629 g/mol. The van der Waals surface area contributed by atoms with Crippen LogP contribution in [0.2, 0.25) is 0 Å². The van der Waals surface area contributed by atoms with Crippen LogP contribution in [0.25, 0.3) is 10.9 Å². The first kappa shape index (κ1) is 33.2. The van der Waals surface area contributed by atoms with E-state index in [0.717, 1.165) is 16.5 Å². The minimum Gasteiger partial charge on any atom is -0.508 e. The number of fused-ring (bicyclic) bond motifs is 1. The second-order valence-corrected chi connectivity index (χ2v) is 10.9. The average Bonchev–Trinajstić information content (AvgIpc) is 3.43. The average molecular weight is 630 g/mol. The summed E-state index contributed by atoms with van der Waals surface area (Å²) >= 11 is 0. The van der Waals surface area contributed by atoms with Crippen LogP contribution in [0.5, 0.6) is 5.75 Å². The Labute approximate surface area is 263 Å². The number of nitrogens with two attached hydrogens (primary N) is 1. The summed E-state index contributed by atoms with van der Waals surface area (Å²) in [4.78, 5) is 66.7. The molecule has 4 rings (SSSR count). The number of aromatic hydroxyl groups is 1. The van der Waals surface area contributed by atoms with E-state index in [1.54, 1.807) is 36.5 Å². The number of carbonyl (C=O) groups excluding carboxylic acids is 3. The smallest absolute Gasteiger partial charge is 0.326 e. The molecule has 13 nitrogen and oxygen atoms in total. The Balaban J connectivity index is 1.50. The number of carboxylic acids is 2. The van der Waals surface area contributed by atoms with E-state index in [9.17, 15) is 39.3 Å². The van der Waals surface area contributed by atoms with Gasteiger partial charge in [-0.3, -0.25) is 19.2 Å². The molecule has 9 N–H and O–H groups in total. The number of hydrogen-bond donors (Lipinski definition) is 8. The highest BCUT2D eigenvalue weighted by Crippen LogP contribution is 2.19. The topological polar surface area (TPSA) is 224 Å². The molecule has 3 amide bonds. The van der Waals surface area contributed by atoms with Crippen molar-refractivity contribution in [1.82, 2.24) is 20.9 Å². The van der Waals surface area contributed by atoms with Crippen molar-refractivity contribution in [3.8, 4) is 5.75 Å². The highest BCUT2D eigenvalue weighted by atomic mass is 16.4. The zero-order valence-electron chi connectivity index (χ0n) is 24.7. The van der Waals surface area contributed by atoms with Crippen LogP contribution in [0.15, 0.2) is 85.1 Å². The lowest BCUT2D eigenvalue weighted by Crippen LogP contribution is -2.58. The third-order valence-electron chi connectivity index (χ3n) is 7.37. The zero-order chi connectivity index (χ0) is 33.2. The van der Waals surface area contributed by atoms with Gasteiger partial charge in [-0.25, -0.2) is 4.79 Å². The van der Waals surface area contributed by atoms with Crippen LogP contribution in [0, 0.1) is 0 Å². The van der Waals surface area contributed by atoms with Crippen molar-refractivity contribution in [1.29, 1.82) is 0 Å². The van der Waals surface area contributed by atoms with Crippen molar-refractivity contribution in [2.45, 2.75) is 49.9 Å². The third-order valence-corrected chi connectivity index (χ3v) is 7.37. The maximum absolute atomic E-state index is 13.6. The quantitative estimate of drug-likeness (QED) is 0.0946. The molecule has 1 aromatic heterocycles. The standard InChI is InChI=1S/C33H35N5O8/c34-24(16-21-18-35-25-9-5-4-8-23(21)25)30(42)36-26(14-20-10-12-22(39)13-11-20)31(43)37-27(17-29(40)41)32(44)38-28(33(45)46)15-19-6-2-1-3-7-19/h1-13,18,24,26-28,35,39H,14-17,34H2,(H,36,42)(H,37,43)(H,38,44)(H,40,41)(H,45,46). The van der Waals surface area contributed by atoms with Gasteiger partial charge in [0.1, 0.15) is 23.9 Å². The first-order valence-corrected chi connectivity index (χ1v) is 14.5. The lowest BCUT2D eigenvalue weighted by atomic mass is 10.0. The van der Waals surface area contributed by atoms with E-state index in [1.807, 2.05) is 24.3 Å². The molecular formula is C33H35N5O8. The molecule has 0 fully saturated rings. The fraction of sp³-hybridized carbons (Fsp3) is 0.242. The molecule has 4 unspecified atom stereocenters. The van der Waals surface area contributed by atoms with E-state index in [-0.39, 0.29) is 25.0 Å². The number of H-pyrrole nitrogens is 1. The van der Waals surface area contributed by atoms with Gasteiger partial charge in [-0.2, -0.15) is 0 Å². The van der Waals surface area contributed by atoms with Crippen LogP contribution < -0.4 is 21.7 Å². The number of nitrogens with one attached hydrogen (secondary N) is 4. The zero-order valence-corrected chi connectivity index (χ0v) is 24.7. The van der Waals surface area contributed by atoms with E-state index in [4.69, 9.17) is 5.73 Å². The van der Waals surface area contributed by atoms with E-state index < -0.39 is 60.2 Å². The van der Waals surface area contributed by atoms with Gasteiger partial charge < -0.3 is 42.0 Å². The first-order chi connectivity index (χ1) is 22.0. The molecule has 13 heteroatoms. The van der Waals surface area contributed by atoms with E-state index in [1.165, 1.54) is 24.3 Å². The minimum absolute atomic E-state index is 0.0174. The summed E-state index contributed by atoms with van der Waals surface area (Å²) in [5, 5.41) is 37.0. The number of aromatic amines is 1. The molecule has 4 atom stereocenters. The Bertz CT molecular complexity index is 1690. The number of hydrogen-bond acceptors (Lipinski definition) is 7. The Morgan fingerprint density at radius 3 is 1.91 bits per heavy atom. The molecule has 4 aromatic rings. The van der Waals surface area contributed by atoms with Gasteiger partial charge in [-0.15, -0.1) is 0 Å². The number of phenolic OH excluding ortho intramolecular Hbond substituents is 1. The third kappa shape index (κ3) is 9.16. The first-order valence-electron chi connectivity index (χ1n) is 14.5. The molecule has 240 valence electrons. The van der Waals surface area contributed by atoms with Gasteiger partial charge in [0.15, 0.2) is 0 Å². The Morgan fingerprint density at radius 1 is 0.674 bits per heavy atom. The number of amides is 3. The van der Waals surface area contributed by atoms with E-state index in [0.29, 0.717) is 11.1 Å². The lowest BCUT2D eigenvalue weighted by molar-refractivity contribution is -0.143. The SMILES string of the molecule is NC(Cc1c[nH]c2ccccc12)C(=O)NC(Cc1ccc(O)cc1)C(=O)NC(CC(=O)O)C(=O)NC(Cc1ccccc1)C(=O)O. The predicted molar refractivity (Wildman–Crippen MR) is 168 cm³/mol. The number of aromatic nitrogens is 1. The number of carboxylic acid groups (broad SMARTS) is 2. The summed E-state index contributed by atoms with van der Waals surface area (Å²) in [6.07, 6.45) is 0.866. The maximum atomic E-state index is 13.6. The van der Waals surface area contributed by atoms with E-state index >= 15 is 0 Å². The van der Waals surface area contributed by atoms with Crippen LogP contribution in [0.4, 0.5) is 0 Å². The van der Waals surface area contributed by atoms with Gasteiger partial charge >= 0.3 is 11.9 Å². The number of carbonyl (C=O) groups is 5. The van der Waals surface area contributed by atoms with Crippen LogP contribution in [-0.4, -0.2) is 74.1 Å². The van der Waals surface area contributed by atoms with Crippen LogP contribution >= 0.6 is 0 Å². The fourth-order valence-electron chi connectivity index (χ4n) is 4.96. The lowest BCUT2D eigenvalue weighted by Gasteiger charge is -2.25. The molecule has 0 saturated heterocycles. The molecular weight excluding hydrogens is 594 g/mol. The predicted octanol–water partition coefficient (Wildman–Crippen LogP) is 1.24. The Morgan fingerprint density at radius 2 is 1.24 bits per heavy atom. The summed E-state index contributed by atoms with van der Waals surface area (Å²) in [5.41, 5.74) is 9.05. The summed E-state index contributed by atoms with van der Waals surface area (Å²) in [6, 6.07) is 16.4. The molecule has 0 aliphatic carbocycles. The molecule has 0 bridgehead atoms. The normalized spacial score (nSPS) is 13.6. The molecule has 0 aliphatic heterocycles. The summed E-state index contributed by atoms with van der Waals surface area (Å²) in [7, 11) is 0. The van der Waals surface area contributed by atoms with Gasteiger partial charge in [0.05, 0.1) is 12.5 Å². The molecule has 0 radical (unpaired) electrons. The van der Waals surface area contributed by atoms with Gasteiger partial charge in [0, 0.05) is 29.9 Å². The largest absolute Gasteiger partial charge is 0.508 e. The van der Waals surface area contributed by atoms with Crippen molar-refractivity contribution in [2.75, 3.05) is 0 Å². The number of para-hydroxylation sites is 1. The van der Waals surface area contributed by atoms with E-state index in [2.05, 4.69) is 20.9 Å². The highest BCUT2D eigenvalue weighted by molar-refractivity contribution is 5.96. The van der Waals surface area contributed by atoms with Crippen molar-refractivity contribution < 1.29 is 39.3 Å². The number of aliphatic carboxylic acids is 2. The fourth-order valence-corrected chi connectivity index (χ4v) is 4.96. The summed E-state index contributed by atoms with van der Waals surface area (Å²) in [5.74, 6) is -5.37. The molecule has 46 heavy (non-hydrogen) atoms. The second-order valence-electron chi connectivity index (χ2n) is 10.9. The van der Waals surface area contributed by atoms with Gasteiger partial charge in [0.2, 0.25) is 17.7 Å². The van der Waals surface area contributed by atoms with Crippen LogP contribution in [-0.2, 0) is 43.2 Å². The van der Waals surface area contributed by atoms with Crippen molar-refractivity contribution in [3.05, 3.63) is 102 Å². The highest BCUT2D eigenvalue weighted by Gasteiger charge is 2.32. The van der Waals surface area contributed by atoms with Gasteiger partial charge in [0.25, 0.3) is 0 Å². The maximum Gasteiger partial charge on any atom is 0.326 e. The van der Waals surface area contributed by atoms with Gasteiger partial charge in [-0.05, 0) is 41.3 Å². The molecule has 1 heterocycles. The van der Waals surface area contributed by atoms with Crippen molar-refractivity contribution in [2.24, 2.45) is 5.73 Å². The van der Waals surface area contributed by atoms with Gasteiger partial charge in [-0.1, -0.05) is 60.7 Å². The Kier molecular flexibility index (Phi) is 11.1. The minimum atomic E-state index is -1.67. The molecule has 3 aromatic carbocycles. The Hall–Kier alpha value is -5.69. The van der Waals surface area contributed by atoms with Crippen molar-refractivity contribution >= 4 is 40.6 Å². The molecule has 0 saturated carbocycles. The summed E-state index contributed by atoms with van der Waals surface area (Å²) in [6.45, 7) is 0. The summed E-state index contributed by atoms with van der Waals surface area (Å²) < 4.78 is 0.